The van der Waals surface area contributed by atoms with Gasteiger partial charge in [-0.25, -0.2) is 9.59 Å². The van der Waals surface area contributed by atoms with Crippen LogP contribution >= 0.6 is 8.29 Å². The molecule has 7 rings (SSSR count). The summed E-state index contributed by atoms with van der Waals surface area (Å²) in [6, 6.07) is 3.78. The summed E-state index contributed by atoms with van der Waals surface area (Å²) in [5, 5.41) is 62.0. The molecule has 6 atom stereocenters. The number of alkyl carbamates (subject to hydrolysis) is 2. The lowest BCUT2D eigenvalue weighted by molar-refractivity contribution is -0.387. The van der Waals surface area contributed by atoms with Gasteiger partial charge in [-0.05, 0) is 108 Å². The van der Waals surface area contributed by atoms with E-state index in [1.807, 2.05) is 0 Å². The van der Waals surface area contributed by atoms with E-state index in [-0.39, 0.29) is 31.0 Å². The van der Waals surface area contributed by atoms with Crippen molar-refractivity contribution in [2.75, 3.05) is 32.0 Å². The summed E-state index contributed by atoms with van der Waals surface area (Å²) in [7, 11) is -3.12. The van der Waals surface area contributed by atoms with Gasteiger partial charge in [0.15, 0.2) is 5.75 Å². The van der Waals surface area contributed by atoms with Crippen LogP contribution < -0.4 is 21.1 Å². The van der Waals surface area contributed by atoms with Crippen LogP contribution in [0.1, 0.15) is 166 Å². The number of carbonyl (C=O) groups is 2. The van der Waals surface area contributed by atoms with Crippen molar-refractivity contribution in [3.63, 3.8) is 0 Å². The van der Waals surface area contributed by atoms with Crippen molar-refractivity contribution in [3.05, 3.63) is 33.9 Å². The molecule has 16 nitrogen and oxygen atoms in total. The van der Waals surface area contributed by atoms with E-state index < -0.39 is 74.5 Å². The van der Waals surface area contributed by atoms with E-state index >= 15 is 0 Å². The molecule has 1 saturated heterocycles. The normalized spacial score (nSPS) is 28.3. The minimum absolute atomic E-state index is 0.0217. The van der Waals surface area contributed by atoms with Crippen molar-refractivity contribution < 1.29 is 53.9 Å². The standard InChI is InChI=1S/C50H84N4O12S/c51-31-36(32-53-49(59)63-34-35-26-27-43(42(30-35)54(61)62)65-48-47(58)46(57)45(56)44(33-55)66-48)64-50(60)52-28-29-67(37-16-6-1-7-17-37,38-18-8-2-9-19-38,39-20-10-3-11-21-39,40-22-12-4-13-23-40)41-24-14-5-15-25-41/h26-27,30,36-41,44-48,55-58H,1-25,28-29,31-34,51H2,(H,52,60)(H,53,59)/t36?,44?,45-,46?,47-,48+/m0/s1. The Balaban J connectivity index is 1.04. The van der Waals surface area contributed by atoms with Crippen LogP contribution in [0.2, 0.25) is 0 Å². The van der Waals surface area contributed by atoms with E-state index in [2.05, 4.69) is 10.6 Å². The third-order valence-corrected chi connectivity index (χ3v) is 32.2. The highest BCUT2D eigenvalue weighted by Gasteiger charge is 2.78. The number of amides is 2. The molecule has 5 aliphatic carbocycles. The number of nitro benzene ring substituents is 1. The zero-order valence-corrected chi connectivity index (χ0v) is 40.8. The van der Waals surface area contributed by atoms with Crippen LogP contribution in [0.3, 0.4) is 0 Å². The Hall–Kier alpha value is -2.93. The second kappa shape index (κ2) is 22.9. The first-order valence-electron chi connectivity index (χ1n) is 26.2. The number of carbonyl (C=O) groups excluding carboxylic acids is 2. The van der Waals surface area contributed by atoms with Crippen molar-refractivity contribution in [1.29, 1.82) is 0 Å². The van der Waals surface area contributed by atoms with Crippen LogP contribution in [0.4, 0.5) is 15.3 Å². The number of ether oxygens (including phenoxy) is 4. The minimum atomic E-state index is -3.12. The molecule has 0 radical (unpaired) electrons. The summed E-state index contributed by atoms with van der Waals surface area (Å²) in [4.78, 5) is 38.2. The lowest BCUT2D eigenvalue weighted by Gasteiger charge is -2.97. The highest BCUT2D eigenvalue weighted by Crippen LogP contribution is 3.06. The summed E-state index contributed by atoms with van der Waals surface area (Å²) in [5.74, 6) is 0.836. The minimum Gasteiger partial charge on any atom is -0.455 e. The smallest absolute Gasteiger partial charge is 0.407 e. The van der Waals surface area contributed by atoms with Gasteiger partial charge in [-0.3, -0.25) is 18.4 Å². The Morgan fingerprint density at radius 3 is 1.63 bits per heavy atom. The molecule has 0 aromatic heterocycles. The highest BCUT2D eigenvalue weighted by atomic mass is 32.4. The van der Waals surface area contributed by atoms with Crippen molar-refractivity contribution in [2.45, 2.75) is 230 Å². The van der Waals surface area contributed by atoms with Gasteiger partial charge in [-0.1, -0.05) is 102 Å². The quantitative estimate of drug-likeness (QED) is 0.0555. The number of hydrogen-bond donors (Lipinski definition) is 7. The zero-order valence-electron chi connectivity index (χ0n) is 40.0. The molecule has 2 amide bonds. The zero-order chi connectivity index (χ0) is 47.5. The van der Waals surface area contributed by atoms with Gasteiger partial charge in [0.25, 0.3) is 0 Å². The molecular formula is C50H84N4O12S. The number of aliphatic hydroxyl groups excluding tert-OH is 4. The molecule has 1 aliphatic heterocycles. The van der Waals surface area contributed by atoms with Crippen LogP contribution in [-0.2, 0) is 20.8 Å². The summed E-state index contributed by atoms with van der Waals surface area (Å²) in [6.07, 6.45) is 23.9. The maximum absolute atomic E-state index is 14.0. The molecule has 0 bridgehead atoms. The lowest BCUT2D eigenvalue weighted by atomic mass is 9.97. The fourth-order valence-electron chi connectivity index (χ4n) is 15.8. The Bertz CT molecular complexity index is 1660. The summed E-state index contributed by atoms with van der Waals surface area (Å²) in [5.41, 5.74) is 5.85. The van der Waals surface area contributed by atoms with Crippen LogP contribution in [0.5, 0.6) is 5.75 Å². The number of nitro groups is 1. The number of benzene rings is 1. The van der Waals surface area contributed by atoms with Gasteiger partial charge in [0.1, 0.15) is 37.1 Å². The van der Waals surface area contributed by atoms with Crippen LogP contribution in [0.25, 0.3) is 0 Å². The fourth-order valence-corrected chi connectivity index (χ4v) is 32.4. The van der Waals surface area contributed by atoms with Crippen LogP contribution in [-0.4, -0.2) is 133 Å². The predicted molar refractivity (Wildman–Crippen MR) is 260 cm³/mol. The first-order chi connectivity index (χ1) is 32.4. The first-order valence-corrected chi connectivity index (χ1v) is 29.2. The Morgan fingerprint density at radius 2 is 1.19 bits per heavy atom. The molecule has 3 unspecified atom stereocenters. The SMILES string of the molecule is NCC(CNC(=O)OCc1ccc(O[C@@H]2OC(CO)[C@H](O)C(O)[C@@H]2O)c([N+](=O)[O-])c1)OC(=O)NCCS(C1CCCCC1)(C1CCCCC1)(C1CCCCC1)(C1CCCCC1)C1CCCCC1. The van der Waals surface area contributed by atoms with Crippen LogP contribution in [0.15, 0.2) is 18.2 Å². The van der Waals surface area contributed by atoms with E-state index in [4.69, 9.17) is 24.7 Å². The van der Waals surface area contributed by atoms with E-state index in [0.29, 0.717) is 6.54 Å². The number of nitrogens with two attached hydrogens (primary N) is 1. The molecule has 67 heavy (non-hydrogen) atoms. The van der Waals surface area contributed by atoms with E-state index in [9.17, 15) is 40.1 Å². The number of aliphatic hydroxyl groups is 4. The molecule has 5 saturated carbocycles. The van der Waals surface area contributed by atoms with Crippen molar-refractivity contribution in [2.24, 2.45) is 5.73 Å². The summed E-state index contributed by atoms with van der Waals surface area (Å²) in [6.45, 7) is -0.529. The molecule has 382 valence electrons. The maximum Gasteiger partial charge on any atom is 0.407 e. The number of rotatable bonds is 18. The van der Waals surface area contributed by atoms with Gasteiger partial charge < -0.3 is 55.7 Å². The van der Waals surface area contributed by atoms with Gasteiger partial charge in [0, 0.05) is 19.2 Å². The largest absolute Gasteiger partial charge is 0.455 e. The van der Waals surface area contributed by atoms with E-state index in [1.54, 1.807) is 0 Å². The van der Waals surface area contributed by atoms with E-state index in [1.165, 1.54) is 173 Å². The molecule has 0 spiro atoms. The maximum atomic E-state index is 14.0. The van der Waals surface area contributed by atoms with Gasteiger partial charge in [-0.15, -0.1) is 0 Å². The number of hydrogen-bond acceptors (Lipinski definition) is 13. The van der Waals surface area contributed by atoms with Gasteiger partial charge in [0.05, 0.1) is 18.1 Å². The summed E-state index contributed by atoms with van der Waals surface area (Å²) >= 11 is 0. The topological polar surface area (TPSA) is 245 Å². The molecule has 1 aromatic carbocycles. The second-order valence-corrected chi connectivity index (χ2v) is 29.3. The molecular weight excluding hydrogens is 881 g/mol. The first kappa shape index (κ1) is 51.9. The van der Waals surface area contributed by atoms with Crippen molar-refractivity contribution >= 4 is 26.2 Å². The average Bonchev–Trinajstić information content (AvgIpc) is 3.38. The molecule has 6 aliphatic rings. The molecule has 1 aromatic rings. The Kier molecular flexibility index (Phi) is 17.7. The third-order valence-electron chi connectivity index (χ3n) is 18.4. The van der Waals surface area contributed by atoms with Gasteiger partial charge in [0.2, 0.25) is 6.29 Å². The third kappa shape index (κ3) is 9.78. The average molecular weight is 965 g/mol. The number of nitrogens with one attached hydrogen (secondary N) is 2. The lowest BCUT2D eigenvalue weighted by Crippen LogP contribution is -2.75. The highest BCUT2D eigenvalue weighted by molar-refractivity contribution is 8.66. The number of nitrogens with zero attached hydrogens (tertiary/aromatic N) is 1. The van der Waals surface area contributed by atoms with Crippen molar-refractivity contribution in [1.82, 2.24) is 10.6 Å². The van der Waals surface area contributed by atoms with Gasteiger partial charge in [-0.2, -0.15) is 0 Å². The molecule has 1 heterocycles. The predicted octanol–water partition coefficient (Wildman–Crippen LogP) is 7.59. The summed E-state index contributed by atoms with van der Waals surface area (Å²) < 4.78 is 22.2. The fraction of sp³-hybridized carbons (Fsp3) is 0.840. The van der Waals surface area contributed by atoms with E-state index in [0.717, 1.165) is 38.1 Å². The molecule has 8 N–H and O–H groups in total. The molecule has 6 fully saturated rings. The van der Waals surface area contributed by atoms with Crippen molar-refractivity contribution in [3.8, 4) is 5.75 Å². The van der Waals surface area contributed by atoms with Crippen LogP contribution in [0, 0.1) is 10.1 Å². The monoisotopic (exact) mass is 965 g/mol. The Labute approximate surface area is 396 Å². The second-order valence-electron chi connectivity index (χ2n) is 21.2. The Morgan fingerprint density at radius 1 is 0.716 bits per heavy atom. The molecule has 17 heteroatoms. The van der Waals surface area contributed by atoms with Gasteiger partial charge >= 0.3 is 17.9 Å².